The van der Waals surface area contributed by atoms with E-state index in [1.54, 1.807) is 6.20 Å². The van der Waals surface area contributed by atoms with Crippen molar-refractivity contribution in [1.82, 2.24) is 9.97 Å². The molecule has 0 aromatic carbocycles. The Kier molecular flexibility index (Phi) is 8.34. The molecule has 0 amide bonds. The molecule has 0 bridgehead atoms. The van der Waals surface area contributed by atoms with E-state index >= 15 is 0 Å². The predicted octanol–water partition coefficient (Wildman–Crippen LogP) is -0.641. The minimum atomic E-state index is -1.00. The Balaban J connectivity index is 0. The number of hydrogen-bond acceptors (Lipinski definition) is 3. The Bertz CT molecular complexity index is 240. The summed E-state index contributed by atoms with van der Waals surface area (Å²) in [5, 5.41) is 8.42. The van der Waals surface area contributed by atoms with Gasteiger partial charge in [-0.2, -0.15) is 0 Å². The molecule has 0 saturated carbocycles. The van der Waals surface area contributed by atoms with E-state index in [-0.39, 0.29) is 41.1 Å². The molecule has 5 nitrogen and oxygen atoms in total. The Morgan fingerprint density at radius 3 is 2.69 bits per heavy atom. The van der Waals surface area contributed by atoms with Gasteiger partial charge in [-0.25, -0.2) is 4.98 Å². The van der Waals surface area contributed by atoms with Gasteiger partial charge >= 0.3 is 5.97 Å². The number of nitrogens with zero attached hydrogens (tertiary/aromatic N) is 1. The Labute approximate surface area is 97.0 Å². The summed E-state index contributed by atoms with van der Waals surface area (Å²) in [6.07, 6.45) is 3.34. The second-order valence-electron chi connectivity index (χ2n) is 2.23. The van der Waals surface area contributed by atoms with Crippen LogP contribution in [0.4, 0.5) is 0 Å². The molecule has 0 aliphatic carbocycles. The third-order valence-corrected chi connectivity index (χ3v) is 1.31. The summed E-state index contributed by atoms with van der Waals surface area (Å²) in [6, 6.07) is -0.851. The molecule has 1 heterocycles. The number of hydrogen-bond donors (Lipinski definition) is 3. The van der Waals surface area contributed by atoms with E-state index in [4.69, 9.17) is 10.8 Å². The molecule has 72 valence electrons. The smallest absolute Gasteiger partial charge is 0.320 e. The van der Waals surface area contributed by atoms with E-state index in [0.29, 0.717) is 0 Å². The predicted molar refractivity (Wildman–Crippen MR) is 37.9 cm³/mol. The van der Waals surface area contributed by atoms with Crippen molar-refractivity contribution < 1.29 is 44.6 Å². The first-order chi connectivity index (χ1) is 5.20. The van der Waals surface area contributed by atoms with Crippen molar-refractivity contribution in [3.63, 3.8) is 0 Å². The largest absolute Gasteiger partial charge is 0.480 e. The molecule has 4 N–H and O–H groups in total. The van der Waals surface area contributed by atoms with E-state index in [1.807, 2.05) is 0 Å². The van der Waals surface area contributed by atoms with Gasteiger partial charge in [0.1, 0.15) is 6.04 Å². The fraction of sp³-hybridized carbons (Fsp3) is 0.333. The van der Waals surface area contributed by atoms with Gasteiger partial charge in [-0.1, -0.05) is 0 Å². The van der Waals surface area contributed by atoms with Crippen LogP contribution in [0.15, 0.2) is 12.5 Å². The molecule has 0 aliphatic rings. The van der Waals surface area contributed by atoms with Crippen LogP contribution in [0, 0.1) is 0 Å². The average molecular weight is 259 g/mol. The van der Waals surface area contributed by atoms with Crippen LogP contribution in [0.5, 0.6) is 0 Å². The molecule has 1 aromatic rings. The van der Waals surface area contributed by atoms with Gasteiger partial charge in [0.2, 0.25) is 0 Å². The van der Waals surface area contributed by atoms with Crippen molar-refractivity contribution in [2.75, 3.05) is 0 Å². The van der Waals surface area contributed by atoms with Crippen LogP contribution < -0.4 is 5.73 Å². The van der Waals surface area contributed by atoms with E-state index in [2.05, 4.69) is 9.97 Å². The van der Waals surface area contributed by atoms with E-state index in [1.165, 1.54) is 6.33 Å². The van der Waals surface area contributed by atoms with Crippen molar-refractivity contribution >= 4 is 5.97 Å². The average Bonchev–Trinajstić information content (AvgIpc) is 2.39. The number of nitrogens with one attached hydrogen (secondary N) is 1. The zero-order chi connectivity index (χ0) is 8.27. The number of imidazole rings is 1. The summed E-state index contributed by atoms with van der Waals surface area (Å²) in [4.78, 5) is 16.8. The molecule has 1 aromatic heterocycles. The van der Waals surface area contributed by atoms with Crippen LogP contribution >= 0.6 is 0 Å². The third-order valence-electron chi connectivity index (χ3n) is 1.31. The first-order valence-corrected chi connectivity index (χ1v) is 3.16. The van der Waals surface area contributed by atoms with Gasteiger partial charge < -0.3 is 15.8 Å². The number of aromatic nitrogens is 2. The van der Waals surface area contributed by atoms with Gasteiger partial charge in [0, 0.05) is 53.0 Å². The Morgan fingerprint density at radius 2 is 2.31 bits per heavy atom. The van der Waals surface area contributed by atoms with Crippen LogP contribution in [-0.2, 0) is 45.9 Å². The minimum Gasteiger partial charge on any atom is -0.480 e. The molecule has 13 heavy (non-hydrogen) atoms. The maximum absolute atomic E-state index is 10.3. The van der Waals surface area contributed by atoms with E-state index < -0.39 is 12.0 Å². The van der Waals surface area contributed by atoms with Crippen LogP contribution in [0.2, 0.25) is 0 Å². The van der Waals surface area contributed by atoms with Gasteiger partial charge in [-0.3, -0.25) is 4.79 Å². The fourth-order valence-corrected chi connectivity index (χ4v) is 0.721. The standard InChI is InChI=1S/C6H9N3O2.2Cr/c7-5(6(10)11)1-4-2-8-3-9-4;;/h2-3,5H,1,7H2,(H,8,9)(H,10,11);;/t5-;;/m0../s1. The van der Waals surface area contributed by atoms with Crippen molar-refractivity contribution in [3.05, 3.63) is 18.2 Å². The van der Waals surface area contributed by atoms with Crippen LogP contribution in [-0.4, -0.2) is 27.1 Å². The number of carboxylic acid groups (broad SMARTS) is 1. The first kappa shape index (κ1) is 15.2. The van der Waals surface area contributed by atoms with Gasteiger partial charge in [-0.15, -0.1) is 0 Å². The number of aliphatic carboxylic acids is 1. The molecule has 7 heteroatoms. The molecular weight excluding hydrogens is 250 g/mol. The SMILES string of the molecule is N[C@@H](Cc1cnc[nH]1)C(=O)O.[Cr].[Cr]. The summed E-state index contributed by atoms with van der Waals surface area (Å²) in [7, 11) is 0. The second kappa shape index (κ2) is 7.14. The second-order valence-corrected chi connectivity index (χ2v) is 2.23. The first-order valence-electron chi connectivity index (χ1n) is 3.16. The van der Waals surface area contributed by atoms with Crippen LogP contribution in [0.3, 0.4) is 0 Å². The van der Waals surface area contributed by atoms with E-state index in [0.717, 1.165) is 5.69 Å². The molecule has 0 fully saturated rings. The van der Waals surface area contributed by atoms with Gasteiger partial charge in [0.15, 0.2) is 0 Å². The maximum atomic E-state index is 10.3. The van der Waals surface area contributed by atoms with Gasteiger partial charge in [-0.05, 0) is 0 Å². The minimum absolute atomic E-state index is 0. The molecule has 0 spiro atoms. The summed E-state index contributed by atoms with van der Waals surface area (Å²) in [5.41, 5.74) is 6.00. The maximum Gasteiger partial charge on any atom is 0.320 e. The van der Waals surface area contributed by atoms with Crippen molar-refractivity contribution in [2.45, 2.75) is 12.5 Å². The normalized spacial score (nSPS) is 10.8. The van der Waals surface area contributed by atoms with E-state index in [9.17, 15) is 4.79 Å². The monoisotopic (exact) mass is 259 g/mol. The number of H-pyrrole nitrogens is 1. The van der Waals surface area contributed by atoms with Gasteiger partial charge in [0.25, 0.3) is 0 Å². The molecule has 0 radical (unpaired) electrons. The summed E-state index contributed by atoms with van der Waals surface area (Å²) in [6.45, 7) is 0. The quantitative estimate of drug-likeness (QED) is 0.673. The summed E-state index contributed by atoms with van der Waals surface area (Å²) >= 11 is 0. The number of aromatic amines is 1. The number of rotatable bonds is 3. The van der Waals surface area contributed by atoms with Crippen molar-refractivity contribution in [2.24, 2.45) is 5.73 Å². The molecule has 0 saturated heterocycles. The van der Waals surface area contributed by atoms with Crippen molar-refractivity contribution in [3.8, 4) is 0 Å². The Hall–Kier alpha value is -0.295. The zero-order valence-electron chi connectivity index (χ0n) is 6.64. The third kappa shape index (κ3) is 5.10. The fourth-order valence-electron chi connectivity index (χ4n) is 0.721. The molecule has 0 unspecified atom stereocenters. The zero-order valence-corrected chi connectivity index (χ0v) is 9.19. The molecule has 1 rings (SSSR count). The molecule has 1 atom stereocenters. The van der Waals surface area contributed by atoms with Gasteiger partial charge in [0.05, 0.1) is 6.33 Å². The number of nitrogens with two attached hydrogens (primary N) is 1. The Morgan fingerprint density at radius 1 is 1.69 bits per heavy atom. The summed E-state index contributed by atoms with van der Waals surface area (Å²) in [5.74, 6) is -1.00. The van der Waals surface area contributed by atoms with Crippen LogP contribution in [0.25, 0.3) is 0 Å². The molecule has 0 aliphatic heterocycles. The summed E-state index contributed by atoms with van der Waals surface area (Å²) < 4.78 is 0. The van der Waals surface area contributed by atoms with Crippen LogP contribution in [0.1, 0.15) is 5.69 Å². The number of carbonyl (C=O) groups is 1. The number of carboxylic acids is 1. The molecular formula is C6H9Cr2N3O2. The topological polar surface area (TPSA) is 92.0 Å². The van der Waals surface area contributed by atoms with Crippen molar-refractivity contribution in [1.29, 1.82) is 0 Å².